The maximum Gasteiger partial charge on any atom is 0.459 e. The van der Waals surface area contributed by atoms with Gasteiger partial charge in [-0.25, -0.2) is 9.36 Å². The quantitative estimate of drug-likeness (QED) is 0.195. The number of H-pyrrole nitrogens is 1. The SMILES string of the molecule is CC(C)OC(=O)C(C)NP(=O)(OCC1OC(n2cc(Cl)c(=O)[nH]c2=O)C(C)(O)C1O)Oc1cccc2ccccc12. The number of esters is 1. The van der Waals surface area contributed by atoms with Gasteiger partial charge in [0.2, 0.25) is 0 Å². The van der Waals surface area contributed by atoms with Crippen LogP contribution in [0.3, 0.4) is 0 Å². The molecule has 0 amide bonds. The number of rotatable bonds is 10. The summed E-state index contributed by atoms with van der Waals surface area (Å²) in [5.41, 5.74) is -3.85. The number of halogens is 1. The number of carbonyl (C=O) groups excluding carboxylic acids is 1. The van der Waals surface area contributed by atoms with E-state index in [0.29, 0.717) is 5.39 Å². The molecule has 0 bridgehead atoms. The zero-order chi connectivity index (χ0) is 30.1. The lowest BCUT2D eigenvalue weighted by Crippen LogP contribution is -2.47. The molecule has 1 saturated heterocycles. The van der Waals surface area contributed by atoms with Crippen LogP contribution in [0.2, 0.25) is 5.02 Å². The van der Waals surface area contributed by atoms with E-state index in [1.807, 2.05) is 23.2 Å². The number of hydrogen-bond acceptors (Lipinski definition) is 10. The Morgan fingerprint density at radius 3 is 2.61 bits per heavy atom. The van der Waals surface area contributed by atoms with Crippen molar-refractivity contribution in [2.45, 2.75) is 63.9 Å². The highest BCUT2D eigenvalue weighted by Crippen LogP contribution is 2.48. The lowest BCUT2D eigenvalue weighted by molar-refractivity contribution is -0.149. The van der Waals surface area contributed by atoms with Crippen LogP contribution in [0.1, 0.15) is 33.9 Å². The van der Waals surface area contributed by atoms with Crippen LogP contribution in [0.15, 0.2) is 58.3 Å². The van der Waals surface area contributed by atoms with Gasteiger partial charge in [-0.2, -0.15) is 5.09 Å². The monoisotopic (exact) mass is 611 g/mol. The number of ether oxygens (including phenoxy) is 2. The Bertz CT molecular complexity index is 1580. The van der Waals surface area contributed by atoms with Crippen LogP contribution in [0.5, 0.6) is 5.75 Å². The minimum atomic E-state index is -4.40. The Morgan fingerprint density at radius 1 is 1.22 bits per heavy atom. The summed E-state index contributed by atoms with van der Waals surface area (Å²) < 4.78 is 37.3. The molecule has 0 spiro atoms. The van der Waals surface area contributed by atoms with E-state index in [4.69, 9.17) is 30.1 Å². The van der Waals surface area contributed by atoms with Crippen LogP contribution in [-0.4, -0.2) is 62.3 Å². The predicted molar refractivity (Wildman–Crippen MR) is 149 cm³/mol. The number of aliphatic hydroxyl groups excluding tert-OH is 1. The van der Waals surface area contributed by atoms with Gasteiger partial charge in [0.1, 0.15) is 34.6 Å². The van der Waals surface area contributed by atoms with Crippen LogP contribution in [0, 0.1) is 0 Å². The fourth-order valence-electron chi connectivity index (χ4n) is 4.30. The Morgan fingerprint density at radius 2 is 1.90 bits per heavy atom. The van der Waals surface area contributed by atoms with Crippen LogP contribution in [0.25, 0.3) is 10.8 Å². The number of nitrogens with zero attached hydrogens (tertiary/aromatic N) is 1. The van der Waals surface area contributed by atoms with Crippen molar-refractivity contribution >= 4 is 36.1 Å². The molecule has 4 rings (SSSR count). The second-order valence-electron chi connectivity index (χ2n) is 10.0. The number of aromatic nitrogens is 2. The maximum atomic E-state index is 14.1. The largest absolute Gasteiger partial charge is 0.462 e. The lowest BCUT2D eigenvalue weighted by Gasteiger charge is -2.27. The third kappa shape index (κ3) is 6.73. The summed E-state index contributed by atoms with van der Waals surface area (Å²) in [5, 5.41) is 25.5. The molecule has 3 aromatic rings. The summed E-state index contributed by atoms with van der Waals surface area (Å²) in [7, 11) is -4.40. The standard InChI is InChI=1S/C26H31ClN3O10P/c1-14(2)38-23(33)15(3)29-41(36,40-19-11-7-9-16-8-5-6-10-17(16)19)37-13-20-21(31)26(4,35)24(39-20)30-12-18(27)22(32)28-25(30)34/h5-12,14-15,20-21,24,31,35H,13H2,1-4H3,(H,29,36)(H,28,32,34). The number of fused-ring (bicyclic) bond motifs is 1. The molecule has 0 saturated carbocycles. The molecule has 13 nitrogen and oxygen atoms in total. The van der Waals surface area contributed by atoms with Gasteiger partial charge >= 0.3 is 19.4 Å². The van der Waals surface area contributed by atoms with E-state index in [1.165, 1.54) is 13.8 Å². The minimum Gasteiger partial charge on any atom is -0.462 e. The first-order valence-electron chi connectivity index (χ1n) is 12.7. The molecule has 2 aromatic carbocycles. The molecule has 222 valence electrons. The summed E-state index contributed by atoms with van der Waals surface area (Å²) in [4.78, 5) is 38.6. The molecule has 15 heteroatoms. The van der Waals surface area contributed by atoms with Crippen molar-refractivity contribution in [1.29, 1.82) is 0 Å². The molecule has 0 radical (unpaired) electrons. The first-order chi connectivity index (χ1) is 19.2. The normalized spacial score (nSPS) is 24.7. The fraction of sp³-hybridized carbons (Fsp3) is 0.423. The van der Waals surface area contributed by atoms with E-state index in [0.717, 1.165) is 16.2 Å². The first-order valence-corrected chi connectivity index (χ1v) is 14.6. The van der Waals surface area contributed by atoms with Crippen LogP contribution in [-0.2, 0) is 23.4 Å². The van der Waals surface area contributed by atoms with Gasteiger partial charge in [0.25, 0.3) is 5.56 Å². The molecule has 1 aliphatic rings. The highest BCUT2D eigenvalue weighted by atomic mass is 35.5. The summed E-state index contributed by atoms with van der Waals surface area (Å²) in [6.07, 6.45) is -3.96. The topological polar surface area (TPSA) is 178 Å². The van der Waals surface area contributed by atoms with Crippen molar-refractivity contribution in [3.8, 4) is 5.75 Å². The Kier molecular flexibility index (Phi) is 9.10. The van der Waals surface area contributed by atoms with E-state index in [-0.39, 0.29) is 10.8 Å². The van der Waals surface area contributed by atoms with Crippen molar-refractivity contribution in [3.63, 3.8) is 0 Å². The molecule has 4 N–H and O–H groups in total. The van der Waals surface area contributed by atoms with E-state index in [2.05, 4.69) is 5.09 Å². The Balaban J connectivity index is 1.61. The summed E-state index contributed by atoms with van der Waals surface area (Å²) in [6.45, 7) is 5.34. The third-order valence-electron chi connectivity index (χ3n) is 6.37. The predicted octanol–water partition coefficient (Wildman–Crippen LogP) is 2.49. The average Bonchev–Trinajstić information content (AvgIpc) is 3.13. The molecule has 2 heterocycles. The Hall–Kier alpha value is -3.03. The molecular weight excluding hydrogens is 581 g/mol. The zero-order valence-corrected chi connectivity index (χ0v) is 24.3. The molecule has 1 aromatic heterocycles. The average molecular weight is 612 g/mol. The molecule has 1 aliphatic heterocycles. The van der Waals surface area contributed by atoms with E-state index < -0.39 is 67.8 Å². The first kappa shape index (κ1) is 30.9. The van der Waals surface area contributed by atoms with Gasteiger partial charge in [0.05, 0.1) is 12.7 Å². The third-order valence-corrected chi connectivity index (χ3v) is 8.26. The van der Waals surface area contributed by atoms with E-state index in [1.54, 1.807) is 38.1 Å². The van der Waals surface area contributed by atoms with Crippen molar-refractivity contribution < 1.29 is 38.1 Å². The van der Waals surface area contributed by atoms with Gasteiger partial charge in [0, 0.05) is 11.6 Å². The van der Waals surface area contributed by atoms with Crippen LogP contribution < -0.4 is 20.9 Å². The number of carbonyl (C=O) groups is 1. The number of hydrogen-bond donors (Lipinski definition) is 4. The highest BCUT2D eigenvalue weighted by molar-refractivity contribution is 7.52. The molecule has 6 unspecified atom stereocenters. The van der Waals surface area contributed by atoms with Crippen LogP contribution >= 0.6 is 19.3 Å². The lowest BCUT2D eigenvalue weighted by atomic mass is 9.96. The number of aliphatic hydroxyl groups is 2. The smallest absolute Gasteiger partial charge is 0.459 e. The Labute approximate surface area is 239 Å². The van der Waals surface area contributed by atoms with E-state index in [9.17, 15) is 29.2 Å². The summed E-state index contributed by atoms with van der Waals surface area (Å²) in [5.74, 6) is -0.518. The van der Waals surface area contributed by atoms with Crippen molar-refractivity contribution in [2.75, 3.05) is 6.61 Å². The molecular formula is C26H31ClN3O10P. The number of aromatic amines is 1. The molecule has 41 heavy (non-hydrogen) atoms. The highest BCUT2D eigenvalue weighted by Gasteiger charge is 2.54. The van der Waals surface area contributed by atoms with E-state index >= 15 is 0 Å². The van der Waals surface area contributed by atoms with Crippen molar-refractivity contribution in [2.24, 2.45) is 0 Å². The number of nitrogens with one attached hydrogen (secondary N) is 2. The van der Waals surface area contributed by atoms with Crippen LogP contribution in [0.4, 0.5) is 0 Å². The van der Waals surface area contributed by atoms with Gasteiger partial charge in [-0.3, -0.25) is 23.7 Å². The van der Waals surface area contributed by atoms with Gasteiger partial charge in [-0.05, 0) is 39.1 Å². The van der Waals surface area contributed by atoms with Gasteiger partial charge in [-0.15, -0.1) is 0 Å². The maximum absolute atomic E-state index is 14.1. The van der Waals surface area contributed by atoms with Crippen molar-refractivity contribution in [1.82, 2.24) is 14.6 Å². The molecule has 0 aliphatic carbocycles. The molecule has 6 atom stereocenters. The second-order valence-corrected chi connectivity index (χ2v) is 12.1. The summed E-state index contributed by atoms with van der Waals surface area (Å²) in [6, 6.07) is 11.1. The molecule has 1 fully saturated rings. The minimum absolute atomic E-state index is 0.190. The van der Waals surface area contributed by atoms with Gasteiger partial charge in [0.15, 0.2) is 6.23 Å². The zero-order valence-electron chi connectivity index (χ0n) is 22.6. The van der Waals surface area contributed by atoms with Crippen molar-refractivity contribution in [3.05, 3.63) is 74.5 Å². The van der Waals surface area contributed by atoms with Gasteiger partial charge in [-0.1, -0.05) is 48.0 Å². The summed E-state index contributed by atoms with van der Waals surface area (Å²) >= 11 is 5.85. The fourth-order valence-corrected chi connectivity index (χ4v) is 5.98. The van der Waals surface area contributed by atoms with Gasteiger partial charge < -0.3 is 24.2 Å². The second kappa shape index (κ2) is 12.1. The number of benzene rings is 2.